The lowest BCUT2D eigenvalue weighted by molar-refractivity contribution is -0.135. The summed E-state index contributed by atoms with van der Waals surface area (Å²) >= 11 is 13.6. The Morgan fingerprint density at radius 2 is 1.87 bits per heavy atom. The van der Waals surface area contributed by atoms with Gasteiger partial charge in [0.15, 0.2) is 5.13 Å². The molecule has 0 saturated heterocycles. The zero-order valence-corrected chi connectivity index (χ0v) is 18.4. The third-order valence-corrected chi connectivity index (χ3v) is 5.99. The molecule has 0 saturated carbocycles. The molecule has 0 unspecified atom stereocenters. The second-order valence-electron chi connectivity index (χ2n) is 6.43. The minimum atomic E-state index is -1.08. The fourth-order valence-electron chi connectivity index (χ4n) is 2.75. The van der Waals surface area contributed by atoms with Gasteiger partial charge in [0, 0.05) is 29.6 Å². The quantitative estimate of drug-likeness (QED) is 0.493. The molecule has 2 aromatic carbocycles. The smallest absolute Gasteiger partial charge is 0.322 e. The lowest BCUT2D eigenvalue weighted by atomic mass is 10.1. The van der Waals surface area contributed by atoms with E-state index in [0.29, 0.717) is 22.2 Å². The highest BCUT2D eigenvalue weighted by molar-refractivity contribution is 7.14. The number of carboxylic acids is 1. The molecule has 30 heavy (non-hydrogen) atoms. The van der Waals surface area contributed by atoms with E-state index >= 15 is 0 Å². The van der Waals surface area contributed by atoms with Crippen LogP contribution in [0.5, 0.6) is 0 Å². The van der Waals surface area contributed by atoms with Gasteiger partial charge in [0.05, 0.1) is 15.7 Å². The van der Waals surface area contributed by atoms with Crippen LogP contribution in [0.15, 0.2) is 47.8 Å². The maximum Gasteiger partial charge on any atom is 0.322 e. The Morgan fingerprint density at radius 3 is 2.50 bits per heavy atom. The van der Waals surface area contributed by atoms with Crippen molar-refractivity contribution in [1.29, 1.82) is 0 Å². The van der Waals surface area contributed by atoms with Crippen LogP contribution in [0.1, 0.15) is 22.8 Å². The predicted octanol–water partition coefficient (Wildman–Crippen LogP) is 4.96. The van der Waals surface area contributed by atoms with Gasteiger partial charge in [-0.3, -0.25) is 9.59 Å². The molecule has 0 aliphatic rings. The summed E-state index contributed by atoms with van der Waals surface area (Å²) in [5.41, 5.74) is 3.16. The number of nitrogens with one attached hydrogen (secondary N) is 1. The summed E-state index contributed by atoms with van der Waals surface area (Å²) in [7, 11) is 0. The second kappa shape index (κ2) is 9.93. The largest absolute Gasteiger partial charge is 0.480 e. The monoisotopic (exact) mass is 463 g/mol. The maximum absolute atomic E-state index is 11.9. The highest BCUT2D eigenvalue weighted by Crippen LogP contribution is 2.32. The first-order valence-electron chi connectivity index (χ1n) is 9.12. The molecular formula is C21H19Cl2N3O3S. The van der Waals surface area contributed by atoms with E-state index < -0.39 is 18.4 Å². The van der Waals surface area contributed by atoms with E-state index in [-0.39, 0.29) is 0 Å². The number of aliphatic carboxylic acids is 1. The number of anilines is 1. The molecule has 156 valence electrons. The van der Waals surface area contributed by atoms with E-state index in [4.69, 9.17) is 33.3 Å². The molecule has 0 aliphatic heterocycles. The molecule has 1 aromatic heterocycles. The summed E-state index contributed by atoms with van der Waals surface area (Å²) in [5, 5.41) is 14.8. The van der Waals surface area contributed by atoms with Crippen LogP contribution in [-0.4, -0.2) is 35.1 Å². The Bertz CT molecular complexity index is 1050. The van der Waals surface area contributed by atoms with Crippen molar-refractivity contribution in [3.8, 4) is 11.3 Å². The zero-order chi connectivity index (χ0) is 21.7. The number of aromatic nitrogens is 1. The lowest BCUT2D eigenvalue weighted by Gasteiger charge is -2.20. The predicted molar refractivity (Wildman–Crippen MR) is 121 cm³/mol. The number of carbonyl (C=O) groups is 2. The Balaban J connectivity index is 1.70. The Morgan fingerprint density at radius 1 is 1.13 bits per heavy atom. The van der Waals surface area contributed by atoms with Crippen LogP contribution >= 0.6 is 34.5 Å². The standard InChI is InChI=1S/C21H19Cl2N3O3S/c1-2-26(11-13-3-5-14(6-4-13)20(29)24-10-19(27)28)21-25-18(12-30-21)15-7-8-16(22)17(23)9-15/h3-9,12H,2,10-11H2,1H3,(H,24,29)(H,27,28). The van der Waals surface area contributed by atoms with Gasteiger partial charge in [-0.1, -0.05) is 41.4 Å². The number of carbonyl (C=O) groups excluding carboxylic acids is 1. The molecule has 1 amide bonds. The lowest BCUT2D eigenvalue weighted by Crippen LogP contribution is -2.29. The zero-order valence-electron chi connectivity index (χ0n) is 16.1. The van der Waals surface area contributed by atoms with Gasteiger partial charge >= 0.3 is 5.97 Å². The van der Waals surface area contributed by atoms with Crippen molar-refractivity contribution >= 4 is 51.5 Å². The average Bonchev–Trinajstić information content (AvgIpc) is 3.22. The number of benzene rings is 2. The number of nitrogens with zero attached hydrogens (tertiary/aromatic N) is 2. The summed E-state index contributed by atoms with van der Waals surface area (Å²) in [6, 6.07) is 12.5. The van der Waals surface area contributed by atoms with Crippen LogP contribution in [0.3, 0.4) is 0 Å². The molecule has 3 aromatic rings. The van der Waals surface area contributed by atoms with E-state index in [1.165, 1.54) is 0 Å². The highest BCUT2D eigenvalue weighted by atomic mass is 35.5. The molecule has 0 aliphatic carbocycles. The molecular weight excluding hydrogens is 445 g/mol. The van der Waals surface area contributed by atoms with Crippen LogP contribution in [0.4, 0.5) is 5.13 Å². The van der Waals surface area contributed by atoms with Gasteiger partial charge in [-0.15, -0.1) is 11.3 Å². The first kappa shape index (κ1) is 22.1. The highest BCUT2D eigenvalue weighted by Gasteiger charge is 2.13. The molecule has 9 heteroatoms. The summed E-state index contributed by atoms with van der Waals surface area (Å²) < 4.78 is 0. The van der Waals surface area contributed by atoms with Gasteiger partial charge < -0.3 is 15.3 Å². The van der Waals surface area contributed by atoms with Gasteiger partial charge in [0.1, 0.15) is 6.54 Å². The number of thiazole rings is 1. The number of halogens is 2. The molecule has 0 fully saturated rings. The Labute approximate surface area is 188 Å². The van der Waals surface area contributed by atoms with Crippen molar-refractivity contribution < 1.29 is 14.7 Å². The van der Waals surface area contributed by atoms with Crippen LogP contribution in [-0.2, 0) is 11.3 Å². The number of hydrogen-bond donors (Lipinski definition) is 2. The van der Waals surface area contributed by atoms with Gasteiger partial charge in [-0.05, 0) is 36.8 Å². The topological polar surface area (TPSA) is 82.5 Å². The third-order valence-electron chi connectivity index (χ3n) is 4.35. The van der Waals surface area contributed by atoms with Gasteiger partial charge in [0.25, 0.3) is 5.91 Å². The number of rotatable bonds is 8. The molecule has 6 nitrogen and oxygen atoms in total. The third kappa shape index (κ3) is 5.50. The van der Waals surface area contributed by atoms with Crippen molar-refractivity contribution in [2.24, 2.45) is 0 Å². The van der Waals surface area contributed by atoms with Crippen molar-refractivity contribution in [3.05, 3.63) is 69.0 Å². The molecule has 0 spiro atoms. The van der Waals surface area contributed by atoms with Crippen molar-refractivity contribution in [2.45, 2.75) is 13.5 Å². The van der Waals surface area contributed by atoms with Crippen molar-refractivity contribution in [3.63, 3.8) is 0 Å². The summed E-state index contributed by atoms with van der Waals surface area (Å²) in [5.74, 6) is -1.50. The van der Waals surface area contributed by atoms with Gasteiger partial charge in [-0.25, -0.2) is 4.98 Å². The molecule has 0 atom stereocenters. The van der Waals surface area contributed by atoms with E-state index in [9.17, 15) is 9.59 Å². The fourth-order valence-corrected chi connectivity index (χ4v) is 3.95. The van der Waals surface area contributed by atoms with E-state index in [1.54, 1.807) is 35.6 Å². The fraction of sp³-hybridized carbons (Fsp3) is 0.190. The van der Waals surface area contributed by atoms with E-state index in [0.717, 1.165) is 28.5 Å². The molecule has 3 rings (SSSR count). The van der Waals surface area contributed by atoms with E-state index in [2.05, 4.69) is 10.2 Å². The van der Waals surface area contributed by atoms with Crippen LogP contribution < -0.4 is 10.2 Å². The minimum Gasteiger partial charge on any atom is -0.480 e. The molecule has 0 bridgehead atoms. The normalized spacial score (nSPS) is 10.6. The van der Waals surface area contributed by atoms with Gasteiger partial charge in [-0.2, -0.15) is 0 Å². The first-order chi connectivity index (χ1) is 14.4. The van der Waals surface area contributed by atoms with Gasteiger partial charge in [0.2, 0.25) is 0 Å². The number of hydrogen-bond acceptors (Lipinski definition) is 5. The minimum absolute atomic E-state index is 0.407. The van der Waals surface area contributed by atoms with Crippen LogP contribution in [0.25, 0.3) is 11.3 Å². The Hall–Kier alpha value is -2.61. The first-order valence-corrected chi connectivity index (χ1v) is 10.8. The Kier molecular flexibility index (Phi) is 7.31. The van der Waals surface area contributed by atoms with E-state index in [1.807, 2.05) is 30.5 Å². The SMILES string of the molecule is CCN(Cc1ccc(C(=O)NCC(=O)O)cc1)c1nc(-c2ccc(Cl)c(Cl)c2)cs1. The average molecular weight is 464 g/mol. The number of amides is 1. The summed E-state index contributed by atoms with van der Waals surface area (Å²) in [6.45, 7) is 3.03. The van der Waals surface area contributed by atoms with Crippen LogP contribution in [0, 0.1) is 0 Å². The summed E-state index contributed by atoms with van der Waals surface area (Å²) in [6.07, 6.45) is 0. The molecule has 2 N–H and O–H groups in total. The summed E-state index contributed by atoms with van der Waals surface area (Å²) in [4.78, 5) is 29.4. The maximum atomic E-state index is 11.9. The molecule has 1 heterocycles. The van der Waals surface area contributed by atoms with Crippen molar-refractivity contribution in [1.82, 2.24) is 10.3 Å². The van der Waals surface area contributed by atoms with Crippen molar-refractivity contribution in [2.75, 3.05) is 18.0 Å². The molecule has 0 radical (unpaired) electrons. The number of carboxylic acid groups (broad SMARTS) is 1. The second-order valence-corrected chi connectivity index (χ2v) is 8.08. The van der Waals surface area contributed by atoms with Crippen LogP contribution in [0.2, 0.25) is 10.0 Å².